The molecule has 2 heterocycles. The lowest BCUT2D eigenvalue weighted by Gasteiger charge is -2.11. The fourth-order valence-electron chi connectivity index (χ4n) is 3.07. The second kappa shape index (κ2) is 10.2. The molecule has 0 aliphatic carbocycles. The van der Waals surface area contributed by atoms with E-state index in [0.29, 0.717) is 31.1 Å². The van der Waals surface area contributed by atoms with E-state index in [1.807, 2.05) is 42.5 Å². The van der Waals surface area contributed by atoms with Gasteiger partial charge in [-0.3, -0.25) is 4.98 Å². The van der Waals surface area contributed by atoms with Crippen molar-refractivity contribution in [3.8, 4) is 11.6 Å². The summed E-state index contributed by atoms with van der Waals surface area (Å²) in [6, 6.07) is 20.2. The molecule has 0 aliphatic heterocycles. The van der Waals surface area contributed by atoms with Gasteiger partial charge in [0.2, 0.25) is 15.9 Å². The molecule has 2 aromatic heterocycles. The Balaban J connectivity index is 1.28. The van der Waals surface area contributed by atoms with Crippen molar-refractivity contribution in [1.82, 2.24) is 14.7 Å². The van der Waals surface area contributed by atoms with Crippen LogP contribution in [0.5, 0.6) is 11.6 Å². The lowest BCUT2D eigenvalue weighted by molar-refractivity contribution is 0.462. The van der Waals surface area contributed by atoms with Crippen LogP contribution in [0.4, 0.5) is 5.69 Å². The number of pyridine rings is 2. The molecule has 32 heavy (non-hydrogen) atoms. The maximum atomic E-state index is 12.5. The van der Waals surface area contributed by atoms with Crippen LogP contribution in [0.2, 0.25) is 0 Å². The minimum Gasteiger partial charge on any atom is -0.439 e. The van der Waals surface area contributed by atoms with Crippen LogP contribution in [0.15, 0.2) is 84.0 Å². The van der Waals surface area contributed by atoms with Crippen LogP contribution in [0.25, 0.3) is 10.9 Å². The molecule has 0 amide bonds. The number of para-hydroxylation sites is 1. The molecule has 4 rings (SSSR count). The zero-order valence-corrected chi connectivity index (χ0v) is 20.0. The summed E-state index contributed by atoms with van der Waals surface area (Å²) >= 11 is 2.26. The van der Waals surface area contributed by atoms with Crippen LogP contribution in [0.1, 0.15) is 6.42 Å². The van der Waals surface area contributed by atoms with E-state index in [0.717, 1.165) is 20.2 Å². The van der Waals surface area contributed by atoms with E-state index in [1.165, 1.54) is 12.3 Å². The van der Waals surface area contributed by atoms with Crippen molar-refractivity contribution in [3.63, 3.8) is 0 Å². The molecule has 0 bridgehead atoms. The van der Waals surface area contributed by atoms with Crippen molar-refractivity contribution in [1.29, 1.82) is 0 Å². The smallest absolute Gasteiger partial charge is 0.242 e. The number of aromatic nitrogens is 2. The van der Waals surface area contributed by atoms with Crippen molar-refractivity contribution in [2.24, 2.45) is 0 Å². The lowest BCUT2D eigenvalue weighted by Crippen LogP contribution is -2.26. The van der Waals surface area contributed by atoms with Gasteiger partial charge in [-0.05, 0) is 71.5 Å². The first kappa shape index (κ1) is 22.4. The van der Waals surface area contributed by atoms with E-state index >= 15 is 0 Å². The van der Waals surface area contributed by atoms with Gasteiger partial charge in [-0.2, -0.15) is 0 Å². The first-order chi connectivity index (χ1) is 15.5. The number of benzene rings is 2. The second-order valence-electron chi connectivity index (χ2n) is 6.95. The SMILES string of the molecule is O=S(=O)(NCCCNc1ccnc2cc(I)ccc12)c1ccc(Oc2ccccc2)nc1. The number of hydrogen-bond donors (Lipinski definition) is 2. The molecule has 0 radical (unpaired) electrons. The van der Waals surface area contributed by atoms with Gasteiger partial charge in [0.05, 0.1) is 11.7 Å². The molecule has 4 aromatic rings. The number of rotatable bonds is 9. The van der Waals surface area contributed by atoms with E-state index in [9.17, 15) is 8.42 Å². The average Bonchev–Trinajstić information content (AvgIpc) is 2.80. The lowest BCUT2D eigenvalue weighted by atomic mass is 10.2. The second-order valence-corrected chi connectivity index (χ2v) is 9.96. The molecule has 7 nitrogen and oxygen atoms in total. The third-order valence-electron chi connectivity index (χ3n) is 4.65. The van der Waals surface area contributed by atoms with Crippen molar-refractivity contribution in [2.75, 3.05) is 18.4 Å². The topological polar surface area (TPSA) is 93.2 Å². The molecular weight excluding hydrogens is 539 g/mol. The van der Waals surface area contributed by atoms with Crippen LogP contribution in [0.3, 0.4) is 0 Å². The molecule has 0 aliphatic rings. The Hall–Kier alpha value is -2.76. The molecular formula is C23H21IN4O3S. The molecule has 9 heteroatoms. The Morgan fingerprint density at radius 2 is 1.78 bits per heavy atom. The summed E-state index contributed by atoms with van der Waals surface area (Å²) < 4.78 is 34.4. The van der Waals surface area contributed by atoms with Crippen molar-refractivity contribution in [2.45, 2.75) is 11.3 Å². The van der Waals surface area contributed by atoms with Crippen molar-refractivity contribution >= 4 is 49.2 Å². The maximum Gasteiger partial charge on any atom is 0.242 e. The third kappa shape index (κ3) is 5.72. The van der Waals surface area contributed by atoms with Crippen molar-refractivity contribution in [3.05, 3.63) is 82.7 Å². The predicted molar refractivity (Wildman–Crippen MR) is 134 cm³/mol. The fraction of sp³-hybridized carbons (Fsp3) is 0.130. The van der Waals surface area contributed by atoms with Crippen LogP contribution < -0.4 is 14.8 Å². The van der Waals surface area contributed by atoms with E-state index < -0.39 is 10.0 Å². The minimum absolute atomic E-state index is 0.0978. The van der Waals surface area contributed by atoms with E-state index in [1.54, 1.807) is 24.4 Å². The Kier molecular flexibility index (Phi) is 7.18. The number of fused-ring (bicyclic) bond motifs is 1. The van der Waals surface area contributed by atoms with Gasteiger partial charge >= 0.3 is 0 Å². The Morgan fingerprint density at radius 1 is 0.938 bits per heavy atom. The van der Waals surface area contributed by atoms with Crippen LogP contribution in [-0.4, -0.2) is 31.5 Å². The number of nitrogens with zero attached hydrogens (tertiary/aromatic N) is 2. The zero-order valence-electron chi connectivity index (χ0n) is 17.0. The van der Waals surface area contributed by atoms with Gasteiger partial charge in [-0.1, -0.05) is 18.2 Å². The first-order valence-electron chi connectivity index (χ1n) is 9.98. The van der Waals surface area contributed by atoms with Crippen molar-refractivity contribution < 1.29 is 13.2 Å². The Labute approximate surface area is 200 Å². The highest BCUT2D eigenvalue weighted by atomic mass is 127. The highest BCUT2D eigenvalue weighted by Crippen LogP contribution is 2.23. The Morgan fingerprint density at radius 3 is 2.56 bits per heavy atom. The fourth-order valence-corrected chi connectivity index (χ4v) is 4.57. The Bertz CT molecular complexity index is 1300. The minimum atomic E-state index is -3.64. The molecule has 2 N–H and O–H groups in total. The number of nitrogens with one attached hydrogen (secondary N) is 2. The summed E-state index contributed by atoms with van der Waals surface area (Å²) in [5, 5.41) is 4.40. The summed E-state index contributed by atoms with van der Waals surface area (Å²) in [5.41, 5.74) is 1.90. The van der Waals surface area contributed by atoms with E-state index in [2.05, 4.69) is 42.6 Å². The number of hydrogen-bond acceptors (Lipinski definition) is 6. The number of anilines is 1. The summed E-state index contributed by atoms with van der Waals surface area (Å²) in [4.78, 5) is 8.59. The molecule has 164 valence electrons. The van der Waals surface area contributed by atoms with Gasteiger partial charge in [-0.15, -0.1) is 0 Å². The zero-order chi connectivity index (χ0) is 22.4. The summed E-state index contributed by atoms with van der Waals surface area (Å²) in [6.07, 6.45) is 3.68. The van der Waals surface area contributed by atoms with Crippen LogP contribution >= 0.6 is 22.6 Å². The number of halogens is 1. The molecule has 2 aromatic carbocycles. The van der Waals surface area contributed by atoms with E-state index in [-0.39, 0.29) is 4.90 Å². The largest absolute Gasteiger partial charge is 0.439 e. The van der Waals surface area contributed by atoms with Gasteiger partial charge in [0.25, 0.3) is 0 Å². The molecule has 0 atom stereocenters. The summed E-state index contributed by atoms with van der Waals surface area (Å²) in [7, 11) is -3.64. The van der Waals surface area contributed by atoms with E-state index in [4.69, 9.17) is 4.74 Å². The molecule has 0 saturated carbocycles. The molecule has 0 spiro atoms. The average molecular weight is 560 g/mol. The normalized spacial score (nSPS) is 11.4. The monoisotopic (exact) mass is 560 g/mol. The quantitative estimate of drug-likeness (QED) is 0.226. The molecule has 0 saturated heterocycles. The first-order valence-corrected chi connectivity index (χ1v) is 12.5. The van der Waals surface area contributed by atoms with Crippen LogP contribution in [0, 0.1) is 3.57 Å². The molecule has 0 unspecified atom stereocenters. The van der Waals surface area contributed by atoms with Gasteiger partial charge in [0, 0.05) is 40.0 Å². The van der Waals surface area contributed by atoms with Gasteiger partial charge in [0.1, 0.15) is 10.6 Å². The third-order valence-corrected chi connectivity index (χ3v) is 6.77. The number of sulfonamides is 1. The standard InChI is InChI=1S/C23H21IN4O3S/c24-17-7-9-20-21(11-14-26-22(20)15-17)25-12-4-13-28-32(29,30)19-8-10-23(27-16-19)31-18-5-2-1-3-6-18/h1-3,5-11,14-16,28H,4,12-13H2,(H,25,26). The van der Waals surface area contributed by atoms with Crippen LogP contribution in [-0.2, 0) is 10.0 Å². The van der Waals surface area contributed by atoms with Gasteiger partial charge in [-0.25, -0.2) is 18.1 Å². The van der Waals surface area contributed by atoms with Gasteiger partial charge in [0.15, 0.2) is 0 Å². The predicted octanol–water partition coefficient (Wildman–Crippen LogP) is 4.81. The summed E-state index contributed by atoms with van der Waals surface area (Å²) in [6.45, 7) is 0.925. The highest BCUT2D eigenvalue weighted by Gasteiger charge is 2.14. The molecule has 0 fully saturated rings. The maximum absolute atomic E-state index is 12.5. The number of ether oxygens (including phenoxy) is 1. The highest BCUT2D eigenvalue weighted by molar-refractivity contribution is 14.1. The summed E-state index contributed by atoms with van der Waals surface area (Å²) in [5.74, 6) is 0.969. The van der Waals surface area contributed by atoms with Gasteiger partial charge < -0.3 is 10.1 Å².